The second-order valence-electron chi connectivity index (χ2n) is 4.46. The van der Waals surface area contributed by atoms with Gasteiger partial charge in [-0.25, -0.2) is 0 Å². The van der Waals surface area contributed by atoms with Gasteiger partial charge in [-0.3, -0.25) is 4.79 Å². The lowest BCUT2D eigenvalue weighted by atomic mass is 10.0. The van der Waals surface area contributed by atoms with Crippen molar-refractivity contribution in [3.05, 3.63) is 53.1 Å². The fraction of sp³-hybridized carbons (Fsp3) is 0.133. The molecule has 0 heterocycles. The first-order chi connectivity index (χ1) is 10.2. The zero-order chi connectivity index (χ0) is 16.3. The van der Waals surface area contributed by atoms with Crippen LogP contribution in [0.1, 0.15) is 5.56 Å². The van der Waals surface area contributed by atoms with Crippen LogP contribution in [0.2, 0.25) is 5.02 Å². The standard InChI is InChI=1S/C15H10ClF3O3/c16-13-7-9(8-14(20)21)1-6-12(13)10-2-4-11(5-3-10)22-15(17,18)19/h1-7H,8H2,(H,20,21). The van der Waals surface area contributed by atoms with Gasteiger partial charge in [0.1, 0.15) is 5.75 Å². The summed E-state index contributed by atoms with van der Waals surface area (Å²) in [4.78, 5) is 10.6. The number of benzene rings is 2. The maximum atomic E-state index is 12.1. The van der Waals surface area contributed by atoms with Crippen molar-refractivity contribution in [1.29, 1.82) is 0 Å². The van der Waals surface area contributed by atoms with Gasteiger partial charge >= 0.3 is 12.3 Å². The number of carbonyl (C=O) groups is 1. The minimum atomic E-state index is -4.74. The van der Waals surface area contributed by atoms with E-state index in [1.807, 2.05) is 0 Å². The number of aliphatic carboxylic acids is 1. The molecule has 116 valence electrons. The average Bonchev–Trinajstić information content (AvgIpc) is 2.37. The molecule has 0 bridgehead atoms. The number of halogens is 4. The number of ether oxygens (including phenoxy) is 1. The minimum Gasteiger partial charge on any atom is -0.481 e. The van der Waals surface area contributed by atoms with Gasteiger partial charge < -0.3 is 9.84 Å². The molecule has 1 N–H and O–H groups in total. The summed E-state index contributed by atoms with van der Waals surface area (Å²) < 4.78 is 40.0. The highest BCUT2D eigenvalue weighted by molar-refractivity contribution is 6.33. The van der Waals surface area contributed by atoms with E-state index in [-0.39, 0.29) is 12.2 Å². The second kappa shape index (κ2) is 6.27. The van der Waals surface area contributed by atoms with E-state index in [0.717, 1.165) is 0 Å². The van der Waals surface area contributed by atoms with Crippen molar-refractivity contribution in [2.24, 2.45) is 0 Å². The fourth-order valence-electron chi connectivity index (χ4n) is 1.91. The first kappa shape index (κ1) is 16.2. The third kappa shape index (κ3) is 4.39. The molecule has 2 rings (SSSR count). The fourth-order valence-corrected chi connectivity index (χ4v) is 2.23. The van der Waals surface area contributed by atoms with Crippen molar-refractivity contribution >= 4 is 17.6 Å². The molecule has 0 spiro atoms. The highest BCUT2D eigenvalue weighted by Gasteiger charge is 2.30. The normalized spacial score (nSPS) is 11.3. The number of hydrogen-bond donors (Lipinski definition) is 1. The molecular formula is C15H10ClF3O3. The highest BCUT2D eigenvalue weighted by Crippen LogP contribution is 2.31. The molecule has 0 atom stereocenters. The van der Waals surface area contributed by atoms with E-state index in [1.54, 1.807) is 12.1 Å². The number of rotatable bonds is 4. The molecular weight excluding hydrogens is 321 g/mol. The van der Waals surface area contributed by atoms with Gasteiger partial charge in [0.25, 0.3) is 0 Å². The zero-order valence-corrected chi connectivity index (χ0v) is 11.8. The molecule has 0 unspecified atom stereocenters. The maximum Gasteiger partial charge on any atom is 0.573 e. The molecule has 3 nitrogen and oxygen atoms in total. The van der Waals surface area contributed by atoms with Crippen LogP contribution in [-0.2, 0) is 11.2 Å². The van der Waals surface area contributed by atoms with E-state index in [0.29, 0.717) is 21.7 Å². The molecule has 0 radical (unpaired) electrons. The van der Waals surface area contributed by atoms with E-state index in [9.17, 15) is 18.0 Å². The predicted molar refractivity (Wildman–Crippen MR) is 74.9 cm³/mol. The third-order valence-corrected chi connectivity index (χ3v) is 3.10. The van der Waals surface area contributed by atoms with Crippen LogP contribution < -0.4 is 4.74 Å². The topological polar surface area (TPSA) is 46.5 Å². The predicted octanol–water partition coefficient (Wildman–Crippen LogP) is 4.53. The van der Waals surface area contributed by atoms with E-state index < -0.39 is 12.3 Å². The molecule has 0 aliphatic carbocycles. The molecule has 0 aliphatic rings. The Kier molecular flexibility index (Phi) is 4.61. The maximum absolute atomic E-state index is 12.1. The summed E-state index contributed by atoms with van der Waals surface area (Å²) in [5.74, 6) is -1.30. The molecule has 0 amide bonds. The van der Waals surface area contributed by atoms with Gasteiger partial charge in [-0.05, 0) is 29.3 Å². The summed E-state index contributed by atoms with van der Waals surface area (Å²) >= 11 is 6.09. The molecule has 2 aromatic rings. The lowest BCUT2D eigenvalue weighted by molar-refractivity contribution is -0.274. The second-order valence-corrected chi connectivity index (χ2v) is 4.86. The van der Waals surface area contributed by atoms with Gasteiger partial charge in [-0.1, -0.05) is 35.9 Å². The van der Waals surface area contributed by atoms with E-state index in [4.69, 9.17) is 16.7 Å². The monoisotopic (exact) mass is 330 g/mol. The molecule has 7 heteroatoms. The smallest absolute Gasteiger partial charge is 0.481 e. The summed E-state index contributed by atoms with van der Waals surface area (Å²) in [6, 6.07) is 10.0. The minimum absolute atomic E-state index is 0.154. The van der Waals surface area contributed by atoms with Crippen molar-refractivity contribution < 1.29 is 27.8 Å². The molecule has 0 saturated carbocycles. The SMILES string of the molecule is O=C(O)Cc1ccc(-c2ccc(OC(F)(F)F)cc2)c(Cl)c1. The molecule has 2 aromatic carbocycles. The van der Waals surface area contributed by atoms with Crippen molar-refractivity contribution in [2.45, 2.75) is 12.8 Å². The van der Waals surface area contributed by atoms with Crippen molar-refractivity contribution in [1.82, 2.24) is 0 Å². The Bertz CT molecular complexity index is 681. The number of carboxylic acid groups (broad SMARTS) is 1. The molecule has 0 fully saturated rings. The van der Waals surface area contributed by atoms with Crippen LogP contribution in [0.5, 0.6) is 5.75 Å². The van der Waals surface area contributed by atoms with E-state index in [2.05, 4.69) is 4.74 Å². The van der Waals surface area contributed by atoms with Crippen LogP contribution in [0, 0.1) is 0 Å². The molecule has 22 heavy (non-hydrogen) atoms. The van der Waals surface area contributed by atoms with Gasteiger partial charge in [-0.15, -0.1) is 13.2 Å². The first-order valence-electron chi connectivity index (χ1n) is 6.11. The summed E-state index contributed by atoms with van der Waals surface area (Å²) in [5, 5.41) is 9.04. The third-order valence-electron chi connectivity index (χ3n) is 2.79. The highest BCUT2D eigenvalue weighted by atomic mass is 35.5. The van der Waals surface area contributed by atoms with Gasteiger partial charge in [0.05, 0.1) is 6.42 Å². The van der Waals surface area contributed by atoms with Crippen LogP contribution in [-0.4, -0.2) is 17.4 Å². The van der Waals surface area contributed by atoms with Crippen LogP contribution in [0.25, 0.3) is 11.1 Å². The summed E-state index contributed by atoms with van der Waals surface area (Å²) in [5.41, 5.74) is 1.73. The summed E-state index contributed by atoms with van der Waals surface area (Å²) in [6.07, 6.45) is -4.89. The Hall–Kier alpha value is -2.21. The van der Waals surface area contributed by atoms with Crippen LogP contribution in [0.3, 0.4) is 0 Å². The largest absolute Gasteiger partial charge is 0.573 e. The van der Waals surface area contributed by atoms with Crippen LogP contribution in [0.15, 0.2) is 42.5 Å². The summed E-state index contributed by atoms with van der Waals surface area (Å²) in [7, 11) is 0. The van der Waals surface area contributed by atoms with Crippen LogP contribution >= 0.6 is 11.6 Å². The Morgan fingerprint density at radius 3 is 2.27 bits per heavy atom. The number of hydrogen-bond acceptors (Lipinski definition) is 2. The van der Waals surface area contributed by atoms with E-state index >= 15 is 0 Å². The van der Waals surface area contributed by atoms with Crippen LogP contribution in [0.4, 0.5) is 13.2 Å². The zero-order valence-electron chi connectivity index (χ0n) is 11.0. The van der Waals surface area contributed by atoms with Crippen molar-refractivity contribution in [3.63, 3.8) is 0 Å². The molecule has 0 aliphatic heterocycles. The van der Waals surface area contributed by atoms with Crippen molar-refractivity contribution in [2.75, 3.05) is 0 Å². The average molecular weight is 331 g/mol. The van der Waals surface area contributed by atoms with Crippen molar-refractivity contribution in [3.8, 4) is 16.9 Å². The molecule has 0 saturated heterocycles. The first-order valence-corrected chi connectivity index (χ1v) is 6.49. The van der Waals surface area contributed by atoms with Gasteiger partial charge in [0, 0.05) is 10.6 Å². The van der Waals surface area contributed by atoms with E-state index in [1.165, 1.54) is 30.3 Å². The molecule has 0 aromatic heterocycles. The van der Waals surface area contributed by atoms with Gasteiger partial charge in [0.2, 0.25) is 0 Å². The summed E-state index contributed by atoms with van der Waals surface area (Å²) in [6.45, 7) is 0. The quantitative estimate of drug-likeness (QED) is 0.895. The Morgan fingerprint density at radius 2 is 1.77 bits per heavy atom. The number of alkyl halides is 3. The Morgan fingerprint density at radius 1 is 1.14 bits per heavy atom. The lowest BCUT2D eigenvalue weighted by Crippen LogP contribution is -2.16. The van der Waals surface area contributed by atoms with Gasteiger partial charge in [0.15, 0.2) is 0 Å². The van der Waals surface area contributed by atoms with Gasteiger partial charge in [-0.2, -0.15) is 0 Å². The number of carboxylic acids is 1. The Labute approximate surface area is 128 Å². The Balaban J connectivity index is 2.23. The lowest BCUT2D eigenvalue weighted by Gasteiger charge is -2.10.